The molecule has 0 spiro atoms. The van der Waals surface area contributed by atoms with Crippen LogP contribution in [0.15, 0.2) is 18.2 Å². The number of hydrogen-bond donors (Lipinski definition) is 0. The third-order valence-corrected chi connectivity index (χ3v) is 11.8. The fourth-order valence-corrected chi connectivity index (χ4v) is 5.15. The minimum atomic E-state index is -2.53. The Kier molecular flexibility index (Phi) is 9.21. The van der Waals surface area contributed by atoms with Gasteiger partial charge in [-0.15, -0.1) is 0 Å². The van der Waals surface area contributed by atoms with Crippen LogP contribution in [0.3, 0.4) is 0 Å². The quantitative estimate of drug-likeness (QED) is 0.245. The smallest absolute Gasteiger partial charge is 0.306 e. The Morgan fingerprint density at radius 2 is 1.68 bits per heavy atom. The molecule has 0 N–H and O–H groups in total. The number of ether oxygens (including phenoxy) is 2. The third kappa shape index (κ3) is 8.74. The molecule has 0 aromatic heterocycles. The molecule has 178 valence electrons. The monoisotopic (exact) mass is 470 g/mol. The van der Waals surface area contributed by atoms with Crippen molar-refractivity contribution in [1.29, 1.82) is 0 Å². The Bertz CT molecular complexity index is 799. The van der Waals surface area contributed by atoms with Crippen molar-refractivity contribution in [3.8, 4) is 5.75 Å². The van der Waals surface area contributed by atoms with Crippen LogP contribution in [0.5, 0.6) is 5.75 Å². The molecule has 0 fully saturated rings. The number of benzene rings is 1. The van der Waals surface area contributed by atoms with Gasteiger partial charge in [0.1, 0.15) is 18.5 Å². The lowest BCUT2D eigenvalue weighted by Gasteiger charge is -2.37. The first kappa shape index (κ1) is 27.9. The van der Waals surface area contributed by atoms with E-state index in [-0.39, 0.29) is 16.9 Å². The van der Waals surface area contributed by atoms with Gasteiger partial charge in [-0.3, -0.25) is 4.79 Å². The van der Waals surface area contributed by atoms with Crippen LogP contribution in [0, 0.1) is 0 Å². The molecule has 31 heavy (non-hydrogen) atoms. The fraction of sp³-hybridized carbons (Fsp3) is 0.708. The van der Waals surface area contributed by atoms with E-state index >= 15 is 0 Å². The predicted octanol–water partition coefficient (Wildman–Crippen LogP) is 6.17. The number of methoxy groups -OCH3 is 1. The van der Waals surface area contributed by atoms with Gasteiger partial charge in [-0.2, -0.15) is 0 Å². The molecule has 0 aliphatic rings. The van der Waals surface area contributed by atoms with Crippen LogP contribution in [-0.2, 0) is 18.5 Å². The second-order valence-electron chi connectivity index (χ2n) is 11.2. The SMILES string of the molecule is COc1ccc([C@H](CCC(=O)OC(C)(C)C)CO[Si](C)(C)C(C)(C)C)cc1P(C)(C)=O. The highest BCUT2D eigenvalue weighted by molar-refractivity contribution is 7.70. The van der Waals surface area contributed by atoms with E-state index in [1.54, 1.807) is 20.4 Å². The molecular weight excluding hydrogens is 427 g/mol. The number of carbonyl (C=O) groups excluding carboxylic acids is 1. The number of rotatable bonds is 9. The summed E-state index contributed by atoms with van der Waals surface area (Å²) in [4.78, 5) is 12.4. The van der Waals surface area contributed by atoms with E-state index in [1.807, 2.05) is 39.0 Å². The third-order valence-electron chi connectivity index (χ3n) is 5.82. The molecule has 0 saturated heterocycles. The molecule has 1 rings (SSSR count). The molecular formula is C24H43O5PSi. The molecule has 0 heterocycles. The summed E-state index contributed by atoms with van der Waals surface area (Å²) in [6.07, 6.45) is 0.910. The van der Waals surface area contributed by atoms with Crippen LogP contribution in [0.2, 0.25) is 18.1 Å². The first-order chi connectivity index (χ1) is 13.9. The summed E-state index contributed by atoms with van der Waals surface area (Å²) in [5.41, 5.74) is 0.510. The number of esters is 1. The van der Waals surface area contributed by atoms with Crippen molar-refractivity contribution >= 4 is 26.7 Å². The van der Waals surface area contributed by atoms with Crippen molar-refractivity contribution in [2.75, 3.05) is 27.0 Å². The van der Waals surface area contributed by atoms with Crippen LogP contribution in [0.25, 0.3) is 0 Å². The highest BCUT2D eigenvalue weighted by atomic mass is 31.2. The van der Waals surface area contributed by atoms with Crippen LogP contribution in [-0.4, -0.2) is 46.9 Å². The Labute approximate surface area is 190 Å². The van der Waals surface area contributed by atoms with Crippen LogP contribution in [0.1, 0.15) is 65.9 Å². The second-order valence-corrected chi connectivity index (χ2v) is 19.2. The molecule has 5 nitrogen and oxygen atoms in total. The molecule has 0 aliphatic carbocycles. The van der Waals surface area contributed by atoms with Gasteiger partial charge in [-0.25, -0.2) is 0 Å². The zero-order valence-corrected chi connectivity index (χ0v) is 23.3. The summed E-state index contributed by atoms with van der Waals surface area (Å²) in [6, 6.07) is 5.83. The molecule has 0 bridgehead atoms. The molecule has 1 aromatic carbocycles. The normalized spacial score (nSPS) is 14.3. The van der Waals surface area contributed by atoms with E-state index in [9.17, 15) is 9.36 Å². The molecule has 0 aliphatic heterocycles. The van der Waals surface area contributed by atoms with Gasteiger partial charge in [-0.05, 0) is 76.4 Å². The average molecular weight is 471 g/mol. The second kappa shape index (κ2) is 10.2. The maximum atomic E-state index is 12.9. The van der Waals surface area contributed by atoms with E-state index in [1.165, 1.54) is 0 Å². The van der Waals surface area contributed by atoms with E-state index in [4.69, 9.17) is 13.9 Å². The van der Waals surface area contributed by atoms with E-state index in [0.29, 0.717) is 25.2 Å². The fourth-order valence-electron chi connectivity index (χ4n) is 2.94. The van der Waals surface area contributed by atoms with Crippen molar-refractivity contribution in [2.24, 2.45) is 0 Å². The van der Waals surface area contributed by atoms with Crippen LogP contribution >= 0.6 is 7.14 Å². The number of carbonyl (C=O) groups is 1. The van der Waals surface area contributed by atoms with Gasteiger partial charge in [0.05, 0.1) is 12.4 Å². The lowest BCUT2D eigenvalue weighted by atomic mass is 9.95. The zero-order valence-electron chi connectivity index (χ0n) is 21.4. The van der Waals surface area contributed by atoms with E-state index < -0.39 is 21.1 Å². The lowest BCUT2D eigenvalue weighted by molar-refractivity contribution is -0.155. The zero-order chi connectivity index (χ0) is 24.3. The summed E-state index contributed by atoms with van der Waals surface area (Å²) in [7, 11) is -2.90. The summed E-state index contributed by atoms with van der Waals surface area (Å²) >= 11 is 0. The standard InChI is InChI=1S/C24H43O5PSi/c1-23(2,3)29-22(25)15-13-19(17-28-31(10,11)24(4,5)6)18-12-14-20(27-7)21(16-18)30(8,9)26/h12,14,16,19H,13,15,17H2,1-11H3/t19-/m1/s1. The minimum Gasteiger partial charge on any atom is -0.496 e. The van der Waals surface area contributed by atoms with Crippen molar-refractivity contribution in [3.05, 3.63) is 23.8 Å². The summed E-state index contributed by atoms with van der Waals surface area (Å²) < 4.78 is 30.3. The van der Waals surface area contributed by atoms with Crippen LogP contribution in [0.4, 0.5) is 0 Å². The van der Waals surface area contributed by atoms with Crippen molar-refractivity contribution in [1.82, 2.24) is 0 Å². The van der Waals surface area contributed by atoms with Crippen molar-refractivity contribution in [2.45, 2.75) is 84.0 Å². The molecule has 0 unspecified atom stereocenters. The van der Waals surface area contributed by atoms with Crippen molar-refractivity contribution in [3.63, 3.8) is 0 Å². The van der Waals surface area contributed by atoms with Crippen molar-refractivity contribution < 1.29 is 23.3 Å². The summed E-state index contributed by atoms with van der Waals surface area (Å²) in [5.74, 6) is 0.418. The Morgan fingerprint density at radius 3 is 2.13 bits per heavy atom. The molecule has 0 radical (unpaired) electrons. The van der Waals surface area contributed by atoms with Gasteiger partial charge in [0.25, 0.3) is 0 Å². The summed E-state index contributed by atoms with van der Waals surface area (Å²) in [5, 5.41) is 0.818. The molecule has 1 atom stereocenters. The van der Waals surface area contributed by atoms with E-state index in [0.717, 1.165) is 10.9 Å². The summed E-state index contributed by atoms with van der Waals surface area (Å²) in [6.45, 7) is 20.7. The van der Waals surface area contributed by atoms with Gasteiger partial charge in [0, 0.05) is 18.9 Å². The highest BCUT2D eigenvalue weighted by Gasteiger charge is 2.38. The maximum absolute atomic E-state index is 12.9. The first-order valence-electron chi connectivity index (χ1n) is 11.0. The Morgan fingerprint density at radius 1 is 1.10 bits per heavy atom. The molecule has 0 saturated carbocycles. The van der Waals surface area contributed by atoms with Gasteiger partial charge < -0.3 is 18.5 Å². The molecule has 0 amide bonds. The van der Waals surface area contributed by atoms with Crippen LogP contribution < -0.4 is 10.0 Å². The largest absolute Gasteiger partial charge is 0.496 e. The Hall–Kier alpha value is -1.10. The first-order valence-corrected chi connectivity index (χ1v) is 16.5. The number of hydrogen-bond acceptors (Lipinski definition) is 5. The topological polar surface area (TPSA) is 61.8 Å². The van der Waals surface area contributed by atoms with E-state index in [2.05, 4.69) is 33.9 Å². The molecule has 1 aromatic rings. The lowest BCUT2D eigenvalue weighted by Crippen LogP contribution is -2.41. The van der Waals surface area contributed by atoms with Gasteiger partial charge in [0.15, 0.2) is 8.32 Å². The molecule has 7 heteroatoms. The van der Waals surface area contributed by atoms with Gasteiger partial charge >= 0.3 is 5.97 Å². The Balaban J connectivity index is 3.21. The maximum Gasteiger partial charge on any atom is 0.306 e. The van der Waals surface area contributed by atoms with Gasteiger partial charge in [-0.1, -0.05) is 26.8 Å². The average Bonchev–Trinajstić information content (AvgIpc) is 2.58. The van der Waals surface area contributed by atoms with Gasteiger partial charge in [0.2, 0.25) is 0 Å². The minimum absolute atomic E-state index is 0.00199. The highest BCUT2D eigenvalue weighted by Crippen LogP contribution is 2.41. The predicted molar refractivity (Wildman–Crippen MR) is 133 cm³/mol.